The molecule has 0 radical (unpaired) electrons. The molecule has 0 N–H and O–H groups in total. The molecule has 5 heteroatoms. The summed E-state index contributed by atoms with van der Waals surface area (Å²) >= 11 is 1.32. The van der Waals surface area contributed by atoms with Crippen molar-refractivity contribution in [3.05, 3.63) is 40.8 Å². The Kier molecular flexibility index (Phi) is 2.23. The molecule has 0 bridgehead atoms. The molecule has 0 atom stereocenters. The van der Waals surface area contributed by atoms with Crippen molar-refractivity contribution in [2.24, 2.45) is 0 Å². The van der Waals surface area contributed by atoms with E-state index in [9.17, 15) is 4.39 Å². The van der Waals surface area contributed by atoms with Crippen molar-refractivity contribution >= 4 is 28.4 Å². The van der Waals surface area contributed by atoms with E-state index in [1.165, 1.54) is 16.7 Å². The molecule has 0 aliphatic carbocycles. The Morgan fingerprint density at radius 1 is 1.18 bits per heavy atom. The lowest BCUT2D eigenvalue weighted by Gasteiger charge is -2.16. The van der Waals surface area contributed by atoms with E-state index in [2.05, 4.69) is 6.19 Å². The van der Waals surface area contributed by atoms with E-state index in [1.54, 1.807) is 10.3 Å². The lowest BCUT2D eigenvalue weighted by Crippen LogP contribution is -2.23. The summed E-state index contributed by atoms with van der Waals surface area (Å²) in [6.45, 7) is 0.365. The first-order valence-corrected chi connectivity index (χ1v) is 6.01. The smallest absolute Gasteiger partial charge is 0.186 e. The summed E-state index contributed by atoms with van der Waals surface area (Å²) in [4.78, 5) is 3.36. The van der Waals surface area contributed by atoms with E-state index in [1.807, 2.05) is 29.2 Å². The Labute approximate surface area is 102 Å². The van der Waals surface area contributed by atoms with E-state index < -0.39 is 0 Å². The molecule has 3 rings (SSSR count). The highest BCUT2D eigenvalue weighted by molar-refractivity contribution is 7.08. The maximum atomic E-state index is 13.6. The molecule has 0 saturated heterocycles. The first-order valence-electron chi connectivity index (χ1n) is 5.07. The van der Waals surface area contributed by atoms with E-state index in [-0.39, 0.29) is 5.82 Å². The fourth-order valence-corrected chi connectivity index (χ4v) is 2.65. The molecular weight excluding hydrogens is 237 g/mol. The van der Waals surface area contributed by atoms with Gasteiger partial charge in [0, 0.05) is 10.8 Å². The molecule has 0 spiro atoms. The normalized spacial score (nSPS) is 13.6. The second kappa shape index (κ2) is 3.75. The molecule has 0 fully saturated rings. The van der Waals surface area contributed by atoms with Crippen molar-refractivity contribution in [1.29, 1.82) is 5.26 Å². The van der Waals surface area contributed by atoms with Crippen LogP contribution < -0.4 is 9.80 Å². The lowest BCUT2D eigenvalue weighted by molar-refractivity contribution is 0.631. The van der Waals surface area contributed by atoms with Crippen LogP contribution in [-0.2, 0) is 0 Å². The summed E-state index contributed by atoms with van der Waals surface area (Å²) in [7, 11) is 0. The zero-order chi connectivity index (χ0) is 11.8. The van der Waals surface area contributed by atoms with E-state index in [0.717, 1.165) is 11.4 Å². The van der Waals surface area contributed by atoms with Gasteiger partial charge < -0.3 is 4.90 Å². The number of anilines is 3. The zero-order valence-electron chi connectivity index (χ0n) is 8.80. The van der Waals surface area contributed by atoms with E-state index in [0.29, 0.717) is 12.4 Å². The van der Waals surface area contributed by atoms with Gasteiger partial charge in [0.05, 0.1) is 17.1 Å². The SMILES string of the molecule is N#CN1CN(c2cscc2F)c2ccccc21. The predicted molar refractivity (Wildman–Crippen MR) is 65.8 cm³/mol. The molecule has 3 nitrogen and oxygen atoms in total. The first-order chi connectivity index (χ1) is 8.31. The minimum atomic E-state index is -0.246. The Morgan fingerprint density at radius 2 is 1.94 bits per heavy atom. The van der Waals surface area contributed by atoms with Crippen LogP contribution in [0.3, 0.4) is 0 Å². The molecule has 0 saturated carbocycles. The topological polar surface area (TPSA) is 30.3 Å². The number of nitrogens with zero attached hydrogens (tertiary/aromatic N) is 3. The van der Waals surface area contributed by atoms with E-state index >= 15 is 0 Å². The van der Waals surface area contributed by atoms with Crippen LogP contribution in [0, 0.1) is 17.3 Å². The number of benzene rings is 1. The minimum Gasteiger partial charge on any atom is -0.317 e. The molecule has 1 aliphatic heterocycles. The maximum absolute atomic E-state index is 13.6. The number of hydrogen-bond donors (Lipinski definition) is 0. The molecule has 1 aromatic heterocycles. The third kappa shape index (κ3) is 1.46. The fourth-order valence-electron chi connectivity index (χ4n) is 1.97. The van der Waals surface area contributed by atoms with Gasteiger partial charge in [-0.15, -0.1) is 11.3 Å². The molecule has 17 heavy (non-hydrogen) atoms. The Bertz CT molecular complexity index is 602. The molecule has 2 aromatic rings. The van der Waals surface area contributed by atoms with Crippen molar-refractivity contribution < 1.29 is 4.39 Å². The summed E-state index contributed by atoms with van der Waals surface area (Å²) in [6.07, 6.45) is 2.10. The molecule has 84 valence electrons. The van der Waals surface area contributed by atoms with Gasteiger partial charge in [-0.05, 0) is 12.1 Å². The van der Waals surface area contributed by atoms with Gasteiger partial charge in [-0.25, -0.2) is 4.39 Å². The number of halogens is 1. The van der Waals surface area contributed by atoms with Crippen LogP contribution in [0.5, 0.6) is 0 Å². The van der Waals surface area contributed by atoms with Crippen LogP contribution in [0.4, 0.5) is 21.5 Å². The average molecular weight is 245 g/mol. The highest BCUT2D eigenvalue weighted by atomic mass is 32.1. The molecule has 0 unspecified atom stereocenters. The molecule has 2 heterocycles. The lowest BCUT2D eigenvalue weighted by atomic mass is 10.2. The third-order valence-corrected chi connectivity index (χ3v) is 3.46. The van der Waals surface area contributed by atoms with Crippen LogP contribution in [0.25, 0.3) is 0 Å². The number of hydrogen-bond acceptors (Lipinski definition) is 4. The van der Waals surface area contributed by atoms with Gasteiger partial charge >= 0.3 is 0 Å². The summed E-state index contributed by atoms with van der Waals surface area (Å²) in [5, 5.41) is 12.3. The van der Waals surface area contributed by atoms with Gasteiger partial charge in [-0.2, -0.15) is 5.26 Å². The summed E-state index contributed by atoms with van der Waals surface area (Å²) in [5.41, 5.74) is 2.21. The maximum Gasteiger partial charge on any atom is 0.186 e. The predicted octanol–water partition coefficient (Wildman–Crippen LogP) is 3.28. The van der Waals surface area contributed by atoms with Crippen molar-refractivity contribution in [1.82, 2.24) is 0 Å². The van der Waals surface area contributed by atoms with Crippen LogP contribution >= 0.6 is 11.3 Å². The summed E-state index contributed by atoms with van der Waals surface area (Å²) < 4.78 is 13.6. The summed E-state index contributed by atoms with van der Waals surface area (Å²) in [6, 6.07) is 7.51. The largest absolute Gasteiger partial charge is 0.317 e. The minimum absolute atomic E-state index is 0.246. The Morgan fingerprint density at radius 3 is 2.59 bits per heavy atom. The van der Waals surface area contributed by atoms with Crippen molar-refractivity contribution in [2.75, 3.05) is 16.5 Å². The molecule has 0 amide bonds. The van der Waals surface area contributed by atoms with Crippen molar-refractivity contribution in [2.45, 2.75) is 0 Å². The second-order valence-electron chi connectivity index (χ2n) is 3.69. The second-order valence-corrected chi connectivity index (χ2v) is 4.43. The highest BCUT2D eigenvalue weighted by Gasteiger charge is 2.28. The van der Waals surface area contributed by atoms with Gasteiger partial charge in [-0.1, -0.05) is 12.1 Å². The van der Waals surface area contributed by atoms with E-state index in [4.69, 9.17) is 5.26 Å². The van der Waals surface area contributed by atoms with Gasteiger partial charge in [0.2, 0.25) is 0 Å². The zero-order valence-corrected chi connectivity index (χ0v) is 9.62. The van der Waals surface area contributed by atoms with Gasteiger partial charge in [0.25, 0.3) is 0 Å². The monoisotopic (exact) mass is 245 g/mol. The third-order valence-electron chi connectivity index (χ3n) is 2.75. The van der Waals surface area contributed by atoms with Gasteiger partial charge in [0.1, 0.15) is 6.67 Å². The number of para-hydroxylation sites is 2. The standard InChI is InChI=1S/C12H8FN3S/c13-9-5-17-6-12(9)16-8-15(7-14)10-3-1-2-4-11(10)16/h1-6H,8H2. The van der Waals surface area contributed by atoms with Crippen LogP contribution in [0.1, 0.15) is 0 Å². The van der Waals surface area contributed by atoms with Crippen LogP contribution in [0.2, 0.25) is 0 Å². The highest BCUT2D eigenvalue weighted by Crippen LogP contribution is 2.41. The quantitative estimate of drug-likeness (QED) is 0.722. The first kappa shape index (κ1) is 10.1. The van der Waals surface area contributed by atoms with Crippen LogP contribution in [-0.4, -0.2) is 6.67 Å². The molecular formula is C12H8FN3S. The number of fused-ring (bicyclic) bond motifs is 1. The van der Waals surface area contributed by atoms with Crippen molar-refractivity contribution in [3.63, 3.8) is 0 Å². The van der Waals surface area contributed by atoms with Gasteiger partial charge in [0.15, 0.2) is 12.0 Å². The molecule has 1 aromatic carbocycles. The van der Waals surface area contributed by atoms with Gasteiger partial charge in [-0.3, -0.25) is 4.90 Å². The number of thiophene rings is 1. The fraction of sp³-hybridized carbons (Fsp3) is 0.0833. The van der Waals surface area contributed by atoms with Crippen LogP contribution in [0.15, 0.2) is 35.0 Å². The molecule has 1 aliphatic rings. The average Bonchev–Trinajstić information content (AvgIpc) is 2.92. The number of nitriles is 1. The van der Waals surface area contributed by atoms with Crippen molar-refractivity contribution in [3.8, 4) is 6.19 Å². The number of rotatable bonds is 1. The Balaban J connectivity index is 2.12. The Hall–Kier alpha value is -2.06. The summed E-state index contributed by atoms with van der Waals surface area (Å²) in [5.74, 6) is -0.246.